The van der Waals surface area contributed by atoms with Crippen molar-refractivity contribution in [1.82, 2.24) is 24.8 Å². The Morgan fingerprint density at radius 2 is 1.85 bits per heavy atom. The van der Waals surface area contributed by atoms with E-state index in [1.807, 2.05) is 22.8 Å². The first-order valence-corrected chi connectivity index (χ1v) is 9.31. The van der Waals surface area contributed by atoms with Crippen LogP contribution in [0.1, 0.15) is 12.7 Å². The lowest BCUT2D eigenvalue weighted by atomic mass is 10.0. The van der Waals surface area contributed by atoms with Gasteiger partial charge in [0.25, 0.3) is 0 Å². The summed E-state index contributed by atoms with van der Waals surface area (Å²) in [6, 6.07) is 18.8. The number of nitrogens with zero attached hydrogens (tertiary/aromatic N) is 5. The van der Waals surface area contributed by atoms with Gasteiger partial charge in [0.1, 0.15) is 5.01 Å². The van der Waals surface area contributed by atoms with Crippen LogP contribution in [0, 0.1) is 0 Å². The molecule has 0 spiro atoms. The Morgan fingerprint density at radius 3 is 2.69 bits per heavy atom. The largest absolute Gasteiger partial charge is 0.256 e. The molecule has 5 aromatic rings. The first-order chi connectivity index (χ1) is 12.8. The molecule has 5 rings (SSSR count). The molecule has 26 heavy (non-hydrogen) atoms. The fraction of sp³-hybridized carbons (Fsp3) is 0.100. The number of pyridine rings is 1. The van der Waals surface area contributed by atoms with Crippen LogP contribution in [0.4, 0.5) is 0 Å². The molecule has 0 radical (unpaired) electrons. The maximum Gasteiger partial charge on any atom is 0.234 e. The van der Waals surface area contributed by atoms with Crippen LogP contribution in [0.15, 0.2) is 60.8 Å². The maximum absolute atomic E-state index is 4.75. The number of benzene rings is 2. The van der Waals surface area contributed by atoms with Crippen LogP contribution in [0.2, 0.25) is 0 Å². The van der Waals surface area contributed by atoms with E-state index in [4.69, 9.17) is 5.10 Å². The summed E-state index contributed by atoms with van der Waals surface area (Å²) in [5.74, 6) is 0.880. The highest BCUT2D eigenvalue weighted by Gasteiger charge is 2.14. The fourth-order valence-electron chi connectivity index (χ4n) is 3.13. The molecule has 0 saturated heterocycles. The zero-order chi connectivity index (χ0) is 17.5. The van der Waals surface area contributed by atoms with Crippen LogP contribution in [-0.4, -0.2) is 24.8 Å². The van der Waals surface area contributed by atoms with Gasteiger partial charge in [-0.15, -0.1) is 10.2 Å². The van der Waals surface area contributed by atoms with Crippen LogP contribution in [0.25, 0.3) is 37.6 Å². The molecule has 0 aliphatic heterocycles. The van der Waals surface area contributed by atoms with Gasteiger partial charge >= 0.3 is 0 Å². The summed E-state index contributed by atoms with van der Waals surface area (Å²) in [6.07, 6.45) is 2.64. The number of hydrogen-bond donors (Lipinski definition) is 0. The smallest absolute Gasteiger partial charge is 0.234 e. The van der Waals surface area contributed by atoms with E-state index in [2.05, 4.69) is 64.6 Å². The van der Waals surface area contributed by atoms with Gasteiger partial charge in [-0.1, -0.05) is 54.7 Å². The molecule has 5 nitrogen and oxygen atoms in total. The lowest BCUT2D eigenvalue weighted by Gasteiger charge is -2.06. The summed E-state index contributed by atoms with van der Waals surface area (Å²) in [6.45, 7) is 2.06. The predicted molar refractivity (Wildman–Crippen MR) is 104 cm³/mol. The molecule has 2 aromatic carbocycles. The molecule has 3 aromatic heterocycles. The number of fused-ring (bicyclic) bond motifs is 2. The molecule has 0 amide bonds. The van der Waals surface area contributed by atoms with Crippen molar-refractivity contribution in [3.05, 3.63) is 66.6 Å². The average Bonchev–Trinajstić information content (AvgIpc) is 3.28. The molecule has 0 aliphatic rings. The topological polar surface area (TPSA) is 56.0 Å². The molecule has 0 bridgehead atoms. The van der Waals surface area contributed by atoms with Gasteiger partial charge in [0, 0.05) is 23.6 Å². The minimum Gasteiger partial charge on any atom is -0.256 e. The summed E-state index contributed by atoms with van der Waals surface area (Å²) in [7, 11) is 0. The second-order valence-corrected chi connectivity index (χ2v) is 6.98. The Balaban J connectivity index is 1.72. The lowest BCUT2D eigenvalue weighted by Crippen LogP contribution is -1.93. The Hall–Kier alpha value is -3.12. The van der Waals surface area contributed by atoms with Crippen LogP contribution in [0.3, 0.4) is 0 Å². The Morgan fingerprint density at radius 1 is 0.962 bits per heavy atom. The molecular formula is C20H15N5S. The highest BCUT2D eigenvalue weighted by molar-refractivity contribution is 7.19. The SMILES string of the molecule is CCc1nnc2sc(-c3ccnc4ccc(-c5ccccc5)cc34)nn12. The number of aryl methyl sites for hydroxylation is 1. The van der Waals surface area contributed by atoms with E-state index >= 15 is 0 Å². The molecule has 6 heteroatoms. The van der Waals surface area contributed by atoms with Gasteiger partial charge in [0.2, 0.25) is 4.96 Å². The van der Waals surface area contributed by atoms with Gasteiger partial charge in [-0.25, -0.2) is 0 Å². The highest BCUT2D eigenvalue weighted by Crippen LogP contribution is 2.33. The molecule has 0 aliphatic carbocycles. The zero-order valence-electron chi connectivity index (χ0n) is 14.1. The predicted octanol–water partition coefficient (Wildman–Crippen LogP) is 4.63. The van der Waals surface area contributed by atoms with Crippen LogP contribution in [-0.2, 0) is 6.42 Å². The summed E-state index contributed by atoms with van der Waals surface area (Å²) >= 11 is 1.55. The molecule has 0 fully saturated rings. The van der Waals surface area contributed by atoms with E-state index in [1.165, 1.54) is 11.1 Å². The molecular weight excluding hydrogens is 342 g/mol. The molecule has 0 atom stereocenters. The van der Waals surface area contributed by atoms with Crippen molar-refractivity contribution in [3.8, 4) is 21.7 Å². The van der Waals surface area contributed by atoms with Crippen LogP contribution in [0.5, 0.6) is 0 Å². The first-order valence-electron chi connectivity index (χ1n) is 8.49. The minimum atomic E-state index is 0.805. The number of aromatic nitrogens is 5. The van der Waals surface area contributed by atoms with Gasteiger partial charge in [-0.2, -0.15) is 9.61 Å². The van der Waals surface area contributed by atoms with E-state index in [0.29, 0.717) is 0 Å². The quantitative estimate of drug-likeness (QED) is 0.472. The van der Waals surface area contributed by atoms with E-state index in [0.717, 1.165) is 38.7 Å². The van der Waals surface area contributed by atoms with E-state index in [1.54, 1.807) is 11.3 Å². The standard InChI is InChI=1S/C20H15N5S/c1-2-18-22-23-20-25(18)24-19(26-20)15-10-11-21-17-9-8-14(12-16(15)17)13-6-4-3-5-7-13/h3-12H,2H2,1H3. The molecule has 3 heterocycles. The fourth-order valence-corrected chi connectivity index (χ4v) is 4.03. The molecule has 126 valence electrons. The third-order valence-electron chi connectivity index (χ3n) is 4.45. The van der Waals surface area contributed by atoms with Gasteiger partial charge < -0.3 is 0 Å². The molecule has 0 unspecified atom stereocenters. The van der Waals surface area contributed by atoms with Crippen LogP contribution >= 0.6 is 11.3 Å². The summed E-state index contributed by atoms with van der Waals surface area (Å²) < 4.78 is 1.84. The zero-order valence-corrected chi connectivity index (χ0v) is 14.9. The molecule has 0 saturated carbocycles. The lowest BCUT2D eigenvalue weighted by molar-refractivity contribution is 0.838. The van der Waals surface area contributed by atoms with Crippen LogP contribution < -0.4 is 0 Å². The van der Waals surface area contributed by atoms with Crippen molar-refractivity contribution >= 4 is 27.2 Å². The van der Waals surface area contributed by atoms with Crippen molar-refractivity contribution < 1.29 is 0 Å². The second kappa shape index (κ2) is 6.00. The Kier molecular flexibility index (Phi) is 3.50. The van der Waals surface area contributed by atoms with Gasteiger partial charge in [-0.3, -0.25) is 4.98 Å². The van der Waals surface area contributed by atoms with Crippen molar-refractivity contribution in [2.75, 3.05) is 0 Å². The summed E-state index contributed by atoms with van der Waals surface area (Å²) in [4.78, 5) is 5.34. The van der Waals surface area contributed by atoms with Crippen molar-refractivity contribution in [3.63, 3.8) is 0 Å². The van der Waals surface area contributed by atoms with Gasteiger partial charge in [0.05, 0.1) is 5.52 Å². The van der Waals surface area contributed by atoms with Crippen molar-refractivity contribution in [2.24, 2.45) is 0 Å². The summed E-state index contributed by atoms with van der Waals surface area (Å²) in [5.41, 5.74) is 4.40. The first kappa shape index (κ1) is 15.2. The summed E-state index contributed by atoms with van der Waals surface area (Å²) in [5, 5.41) is 15.2. The minimum absolute atomic E-state index is 0.805. The highest BCUT2D eigenvalue weighted by atomic mass is 32.1. The average molecular weight is 357 g/mol. The number of rotatable bonds is 3. The third-order valence-corrected chi connectivity index (χ3v) is 5.38. The van der Waals surface area contributed by atoms with Crippen molar-refractivity contribution in [2.45, 2.75) is 13.3 Å². The van der Waals surface area contributed by atoms with Gasteiger partial charge in [0.15, 0.2) is 5.82 Å². The third kappa shape index (κ3) is 2.38. The Labute approximate surface area is 154 Å². The van der Waals surface area contributed by atoms with E-state index < -0.39 is 0 Å². The normalized spacial score (nSPS) is 11.4. The second-order valence-electron chi connectivity index (χ2n) is 6.03. The Bertz CT molecular complexity index is 1220. The monoisotopic (exact) mass is 357 g/mol. The maximum atomic E-state index is 4.75. The van der Waals surface area contributed by atoms with E-state index in [9.17, 15) is 0 Å². The van der Waals surface area contributed by atoms with Crippen molar-refractivity contribution in [1.29, 1.82) is 0 Å². The number of hydrogen-bond acceptors (Lipinski definition) is 5. The van der Waals surface area contributed by atoms with Gasteiger partial charge in [-0.05, 0) is 29.3 Å². The van der Waals surface area contributed by atoms with E-state index in [-0.39, 0.29) is 0 Å². The molecule has 0 N–H and O–H groups in total.